The number of amides is 1. The first-order chi connectivity index (χ1) is 19.2. The molecule has 1 aliphatic heterocycles. The van der Waals surface area contributed by atoms with E-state index < -0.39 is 16.1 Å². The number of pyridine rings is 1. The summed E-state index contributed by atoms with van der Waals surface area (Å²) in [6.45, 7) is 5.16. The Morgan fingerprint density at radius 3 is 2.45 bits per heavy atom. The van der Waals surface area contributed by atoms with Crippen LogP contribution in [0.4, 0.5) is 0 Å². The van der Waals surface area contributed by atoms with E-state index in [0.29, 0.717) is 24.7 Å². The van der Waals surface area contributed by atoms with Crippen LogP contribution in [0.15, 0.2) is 48.8 Å². The van der Waals surface area contributed by atoms with Crippen molar-refractivity contribution >= 4 is 15.9 Å². The Kier molecular flexibility index (Phi) is 9.85. The summed E-state index contributed by atoms with van der Waals surface area (Å²) in [5, 5.41) is 8.26. The molecule has 0 radical (unpaired) electrons. The summed E-state index contributed by atoms with van der Waals surface area (Å²) in [5.74, 6) is -0.116. The molecule has 0 spiro atoms. The second kappa shape index (κ2) is 13.3. The molecule has 3 aromatic rings. The molecular formula is C27H36N6O6S. The van der Waals surface area contributed by atoms with Gasteiger partial charge < -0.3 is 19.1 Å². The van der Waals surface area contributed by atoms with E-state index in [-0.39, 0.29) is 44.0 Å². The number of aromatic nitrogens is 4. The molecule has 2 aromatic heterocycles. The Morgan fingerprint density at radius 1 is 1.05 bits per heavy atom. The van der Waals surface area contributed by atoms with E-state index in [0.717, 1.165) is 16.7 Å². The zero-order chi connectivity index (χ0) is 28.7. The van der Waals surface area contributed by atoms with Gasteiger partial charge in [-0.25, -0.2) is 18.1 Å². The van der Waals surface area contributed by atoms with E-state index in [1.54, 1.807) is 42.3 Å². The van der Waals surface area contributed by atoms with E-state index >= 15 is 0 Å². The highest BCUT2D eigenvalue weighted by molar-refractivity contribution is 7.89. The first-order valence-electron chi connectivity index (χ1n) is 13.0. The highest BCUT2D eigenvalue weighted by atomic mass is 32.2. The fraction of sp³-hybridized carbons (Fsp3) is 0.481. The summed E-state index contributed by atoms with van der Waals surface area (Å²) in [4.78, 5) is 19.5. The summed E-state index contributed by atoms with van der Waals surface area (Å²) >= 11 is 0. The van der Waals surface area contributed by atoms with Crippen molar-refractivity contribution in [2.45, 2.75) is 39.5 Å². The third-order valence-electron chi connectivity index (χ3n) is 6.66. The van der Waals surface area contributed by atoms with Gasteiger partial charge in [-0.2, -0.15) is 4.31 Å². The molecule has 1 aliphatic rings. The second-order valence-electron chi connectivity index (χ2n) is 9.88. The van der Waals surface area contributed by atoms with Crippen LogP contribution in [-0.2, 0) is 43.9 Å². The largest absolute Gasteiger partial charge is 0.481 e. The number of nitrogens with zero attached hydrogens (tertiary/aromatic N) is 6. The van der Waals surface area contributed by atoms with Crippen LogP contribution in [0.2, 0.25) is 0 Å². The van der Waals surface area contributed by atoms with E-state index in [4.69, 9.17) is 14.2 Å². The quantitative estimate of drug-likeness (QED) is 0.237. The average Bonchev–Trinajstić information content (AvgIpc) is 3.37. The molecule has 12 nitrogen and oxygen atoms in total. The van der Waals surface area contributed by atoms with Gasteiger partial charge in [0.05, 0.1) is 38.8 Å². The van der Waals surface area contributed by atoms with Gasteiger partial charge in [0.1, 0.15) is 18.5 Å². The van der Waals surface area contributed by atoms with Gasteiger partial charge in [0, 0.05) is 38.0 Å². The minimum atomic E-state index is -3.72. The van der Waals surface area contributed by atoms with Crippen LogP contribution in [0, 0.1) is 5.92 Å². The molecule has 1 saturated heterocycles. The molecule has 216 valence electrons. The molecule has 1 aromatic carbocycles. The molecule has 1 unspecified atom stereocenters. The second-order valence-corrected chi connectivity index (χ2v) is 11.9. The van der Waals surface area contributed by atoms with Gasteiger partial charge in [-0.05, 0) is 23.1 Å². The predicted molar refractivity (Wildman–Crippen MR) is 147 cm³/mol. The SMILES string of the molecule is COCOCCn1cc(CN2CCS(=O)(=O)N(Cc3ccc(-c4ccc(OC)nc4)cc3)C(C(C)C)C2=O)nn1. The van der Waals surface area contributed by atoms with Crippen molar-refractivity contribution in [1.82, 2.24) is 29.2 Å². The number of hydrogen-bond acceptors (Lipinski definition) is 9. The van der Waals surface area contributed by atoms with Crippen LogP contribution < -0.4 is 4.74 Å². The first-order valence-corrected chi connectivity index (χ1v) is 14.7. The molecule has 3 heterocycles. The number of hydrogen-bond donors (Lipinski definition) is 0. The summed E-state index contributed by atoms with van der Waals surface area (Å²) in [6, 6.07) is 10.5. The molecule has 1 amide bonds. The first kappa shape index (κ1) is 29.6. The van der Waals surface area contributed by atoms with Crippen molar-refractivity contribution in [3.05, 3.63) is 60.0 Å². The molecule has 1 atom stereocenters. The zero-order valence-electron chi connectivity index (χ0n) is 23.3. The summed E-state index contributed by atoms with van der Waals surface area (Å²) < 4.78 is 45.2. The standard InChI is InChI=1S/C27H36N6O6S/c1-20(2)26-27(34)31(17-24-18-32(30-29-24)11-13-39-19-37-3)12-14-40(35,36)33(26)16-21-5-7-22(8-6-21)23-9-10-25(38-4)28-15-23/h5-10,15,18,20,26H,11-14,16-17,19H2,1-4H3. The van der Waals surface area contributed by atoms with E-state index in [1.807, 2.05) is 44.2 Å². The lowest BCUT2D eigenvalue weighted by atomic mass is 10.0. The maximum Gasteiger partial charge on any atom is 0.241 e. The maximum atomic E-state index is 13.7. The Hall–Kier alpha value is -3.39. The van der Waals surface area contributed by atoms with Crippen LogP contribution in [0.25, 0.3) is 11.1 Å². The fourth-order valence-corrected chi connectivity index (χ4v) is 6.29. The third-order valence-corrected chi connectivity index (χ3v) is 8.43. The van der Waals surface area contributed by atoms with Gasteiger partial charge in [-0.15, -0.1) is 5.10 Å². The Labute approximate surface area is 234 Å². The Morgan fingerprint density at radius 2 is 1.80 bits per heavy atom. The van der Waals surface area contributed by atoms with Crippen molar-refractivity contribution in [2.75, 3.05) is 39.9 Å². The van der Waals surface area contributed by atoms with Gasteiger partial charge in [-0.3, -0.25) is 4.79 Å². The van der Waals surface area contributed by atoms with Gasteiger partial charge >= 0.3 is 0 Å². The molecule has 1 fully saturated rings. The van der Waals surface area contributed by atoms with Gasteiger partial charge in [0.25, 0.3) is 0 Å². The summed E-state index contributed by atoms with van der Waals surface area (Å²) in [5.41, 5.74) is 3.23. The number of methoxy groups -OCH3 is 2. The van der Waals surface area contributed by atoms with Gasteiger partial charge in [0.15, 0.2) is 0 Å². The number of benzene rings is 1. The third kappa shape index (κ3) is 7.22. The lowest BCUT2D eigenvalue weighted by molar-refractivity contribution is -0.136. The molecule has 0 saturated carbocycles. The fourth-order valence-electron chi connectivity index (χ4n) is 4.58. The minimum absolute atomic E-state index is 0.0775. The van der Waals surface area contributed by atoms with E-state index in [1.165, 1.54) is 4.31 Å². The number of rotatable bonds is 12. The summed E-state index contributed by atoms with van der Waals surface area (Å²) in [7, 11) is -0.600. The Bertz CT molecular complexity index is 1360. The smallest absolute Gasteiger partial charge is 0.241 e. The molecule has 0 N–H and O–H groups in total. The molecule has 0 aliphatic carbocycles. The molecule has 13 heteroatoms. The van der Waals surface area contributed by atoms with Crippen molar-refractivity contribution in [3.63, 3.8) is 0 Å². The number of carbonyl (C=O) groups is 1. The van der Waals surface area contributed by atoms with Crippen molar-refractivity contribution in [1.29, 1.82) is 0 Å². The zero-order valence-corrected chi connectivity index (χ0v) is 24.1. The average molecular weight is 573 g/mol. The highest BCUT2D eigenvalue weighted by Crippen LogP contribution is 2.27. The molecule has 0 bridgehead atoms. The number of ether oxygens (including phenoxy) is 3. The van der Waals surface area contributed by atoms with E-state index in [2.05, 4.69) is 15.3 Å². The van der Waals surface area contributed by atoms with Crippen LogP contribution in [0.3, 0.4) is 0 Å². The lowest BCUT2D eigenvalue weighted by Crippen LogP contribution is -2.49. The summed E-state index contributed by atoms with van der Waals surface area (Å²) in [6.07, 6.45) is 3.47. The van der Waals surface area contributed by atoms with Gasteiger partial charge in [0.2, 0.25) is 21.8 Å². The number of carbonyl (C=O) groups excluding carboxylic acids is 1. The lowest BCUT2D eigenvalue weighted by Gasteiger charge is -2.32. The molecule has 4 rings (SSSR count). The van der Waals surface area contributed by atoms with Crippen molar-refractivity contribution < 1.29 is 27.4 Å². The maximum absolute atomic E-state index is 13.7. The number of sulfonamides is 1. The monoisotopic (exact) mass is 572 g/mol. The van der Waals surface area contributed by atoms with Gasteiger partial charge in [-0.1, -0.05) is 43.3 Å². The molecular weight excluding hydrogens is 536 g/mol. The minimum Gasteiger partial charge on any atom is -0.481 e. The van der Waals surface area contributed by atoms with Crippen LogP contribution in [-0.4, -0.2) is 89.5 Å². The van der Waals surface area contributed by atoms with Crippen molar-refractivity contribution in [3.8, 4) is 17.0 Å². The van der Waals surface area contributed by atoms with E-state index in [9.17, 15) is 13.2 Å². The van der Waals surface area contributed by atoms with Crippen LogP contribution in [0.1, 0.15) is 25.1 Å². The topological polar surface area (TPSA) is 129 Å². The molecule has 40 heavy (non-hydrogen) atoms. The Balaban J connectivity index is 1.48. The van der Waals surface area contributed by atoms with Crippen LogP contribution in [0.5, 0.6) is 5.88 Å². The normalized spacial score (nSPS) is 17.8. The highest BCUT2D eigenvalue weighted by Gasteiger charge is 2.42. The van der Waals surface area contributed by atoms with Crippen molar-refractivity contribution in [2.24, 2.45) is 5.92 Å². The predicted octanol–water partition coefficient (Wildman–Crippen LogP) is 2.17. The van der Waals surface area contributed by atoms with Crippen LogP contribution >= 0.6 is 0 Å².